The van der Waals surface area contributed by atoms with Gasteiger partial charge in [0.05, 0.1) is 0 Å². The summed E-state index contributed by atoms with van der Waals surface area (Å²) < 4.78 is 5.42. The first-order valence-corrected chi connectivity index (χ1v) is 6.81. The summed E-state index contributed by atoms with van der Waals surface area (Å²) in [6.07, 6.45) is 3.31. The van der Waals surface area contributed by atoms with E-state index in [4.69, 9.17) is 4.74 Å². The van der Waals surface area contributed by atoms with Crippen LogP contribution in [0, 0.1) is 0 Å². The van der Waals surface area contributed by atoms with Crippen LogP contribution in [0.1, 0.15) is 37.8 Å². The first kappa shape index (κ1) is 13.4. The molecular weight excluding hydrogens is 226 g/mol. The van der Waals surface area contributed by atoms with Gasteiger partial charge < -0.3 is 9.84 Å². The van der Waals surface area contributed by atoms with Crippen molar-refractivity contribution in [2.45, 2.75) is 38.3 Å². The van der Waals surface area contributed by atoms with Crippen molar-refractivity contribution in [1.29, 1.82) is 0 Å². The summed E-state index contributed by atoms with van der Waals surface area (Å²) in [5, 5.41) is 9.37. The zero-order chi connectivity index (χ0) is 13.0. The minimum atomic E-state index is 0.335. The fourth-order valence-corrected chi connectivity index (χ4v) is 2.80. The lowest BCUT2D eigenvalue weighted by molar-refractivity contribution is 0.0274. The Morgan fingerprint density at radius 1 is 1.28 bits per heavy atom. The molecule has 1 aliphatic heterocycles. The predicted octanol–water partition coefficient (Wildman–Crippen LogP) is 2.95. The zero-order valence-electron chi connectivity index (χ0n) is 11.3. The van der Waals surface area contributed by atoms with Gasteiger partial charge in [0.1, 0.15) is 5.75 Å². The minimum Gasteiger partial charge on any atom is -0.508 e. The Labute approximate surface area is 109 Å². The molecule has 1 aromatic rings. The normalized spacial score (nSPS) is 19.1. The molecular formula is C15H23NO2. The van der Waals surface area contributed by atoms with Crippen LogP contribution in [0.2, 0.25) is 0 Å². The molecule has 18 heavy (non-hydrogen) atoms. The standard InChI is InChI=1S/C15H23NO2/c1-3-15(12-4-6-14(17)7-5-12)16(2)13-8-10-18-11-9-13/h4-7,13,15,17H,3,8-11H2,1-2H3. The molecule has 0 aliphatic carbocycles. The zero-order valence-corrected chi connectivity index (χ0v) is 11.3. The van der Waals surface area contributed by atoms with Gasteiger partial charge in [-0.05, 0) is 44.0 Å². The molecule has 0 radical (unpaired) electrons. The first-order valence-electron chi connectivity index (χ1n) is 6.81. The molecule has 3 nitrogen and oxygen atoms in total. The number of nitrogens with zero attached hydrogens (tertiary/aromatic N) is 1. The molecule has 2 rings (SSSR count). The minimum absolute atomic E-state index is 0.335. The average Bonchev–Trinajstić information content (AvgIpc) is 2.42. The predicted molar refractivity (Wildman–Crippen MR) is 72.7 cm³/mol. The highest BCUT2D eigenvalue weighted by Gasteiger charge is 2.24. The highest BCUT2D eigenvalue weighted by Crippen LogP contribution is 2.28. The highest BCUT2D eigenvalue weighted by atomic mass is 16.5. The molecule has 0 bridgehead atoms. The summed E-state index contributed by atoms with van der Waals surface area (Å²) in [6, 6.07) is 8.63. The molecule has 1 saturated heterocycles. The molecule has 1 fully saturated rings. The van der Waals surface area contributed by atoms with E-state index in [-0.39, 0.29) is 0 Å². The Morgan fingerprint density at radius 3 is 2.44 bits per heavy atom. The lowest BCUT2D eigenvalue weighted by Gasteiger charge is -2.37. The number of aromatic hydroxyl groups is 1. The van der Waals surface area contributed by atoms with Crippen molar-refractivity contribution in [3.8, 4) is 5.75 Å². The molecule has 1 unspecified atom stereocenters. The summed E-state index contributed by atoms with van der Waals surface area (Å²) in [4.78, 5) is 2.47. The molecule has 0 saturated carbocycles. The molecule has 1 atom stereocenters. The lowest BCUT2D eigenvalue weighted by Crippen LogP contribution is -2.38. The van der Waals surface area contributed by atoms with Crippen LogP contribution in [0.5, 0.6) is 5.75 Å². The van der Waals surface area contributed by atoms with Gasteiger partial charge >= 0.3 is 0 Å². The number of hydrogen-bond donors (Lipinski definition) is 1. The quantitative estimate of drug-likeness (QED) is 0.890. The van der Waals surface area contributed by atoms with Crippen molar-refractivity contribution in [3.05, 3.63) is 29.8 Å². The Hall–Kier alpha value is -1.06. The van der Waals surface area contributed by atoms with Crippen LogP contribution in [0.15, 0.2) is 24.3 Å². The molecule has 1 aliphatic rings. The first-order chi connectivity index (χ1) is 8.72. The van der Waals surface area contributed by atoms with Crippen molar-refractivity contribution < 1.29 is 9.84 Å². The highest BCUT2D eigenvalue weighted by molar-refractivity contribution is 5.28. The topological polar surface area (TPSA) is 32.7 Å². The van der Waals surface area contributed by atoms with E-state index in [2.05, 4.69) is 18.9 Å². The average molecular weight is 249 g/mol. The number of rotatable bonds is 4. The van der Waals surface area contributed by atoms with Gasteiger partial charge in [0.25, 0.3) is 0 Å². The Kier molecular flexibility index (Phi) is 4.61. The van der Waals surface area contributed by atoms with Crippen molar-refractivity contribution >= 4 is 0 Å². The largest absolute Gasteiger partial charge is 0.508 e. The van der Waals surface area contributed by atoms with Crippen molar-refractivity contribution in [2.24, 2.45) is 0 Å². The van der Waals surface area contributed by atoms with E-state index in [0.29, 0.717) is 17.8 Å². The van der Waals surface area contributed by atoms with E-state index in [9.17, 15) is 5.11 Å². The van der Waals surface area contributed by atoms with E-state index in [1.165, 1.54) is 5.56 Å². The van der Waals surface area contributed by atoms with Crippen molar-refractivity contribution in [1.82, 2.24) is 4.90 Å². The fourth-order valence-electron chi connectivity index (χ4n) is 2.80. The van der Waals surface area contributed by atoms with E-state index < -0.39 is 0 Å². The molecule has 0 spiro atoms. The smallest absolute Gasteiger partial charge is 0.115 e. The molecule has 1 aromatic carbocycles. The van der Waals surface area contributed by atoms with Gasteiger partial charge in [-0.1, -0.05) is 19.1 Å². The summed E-state index contributed by atoms with van der Waals surface area (Å²) >= 11 is 0. The lowest BCUT2D eigenvalue weighted by atomic mass is 9.98. The molecule has 1 N–H and O–H groups in total. The van der Waals surface area contributed by atoms with Crippen molar-refractivity contribution in [2.75, 3.05) is 20.3 Å². The van der Waals surface area contributed by atoms with E-state index in [1.54, 1.807) is 12.1 Å². The maximum absolute atomic E-state index is 9.37. The van der Waals surface area contributed by atoms with Gasteiger partial charge in [-0.3, -0.25) is 4.90 Å². The third-order valence-corrected chi connectivity index (χ3v) is 3.92. The van der Waals surface area contributed by atoms with Crippen LogP contribution in [0.3, 0.4) is 0 Å². The van der Waals surface area contributed by atoms with Crippen LogP contribution in [0.4, 0.5) is 0 Å². The van der Waals surface area contributed by atoms with Gasteiger partial charge in [-0.25, -0.2) is 0 Å². The maximum Gasteiger partial charge on any atom is 0.115 e. The van der Waals surface area contributed by atoms with Gasteiger partial charge in [0.2, 0.25) is 0 Å². The maximum atomic E-state index is 9.37. The number of phenols is 1. The molecule has 3 heteroatoms. The Balaban J connectivity index is 2.09. The molecule has 0 amide bonds. The van der Waals surface area contributed by atoms with Gasteiger partial charge in [-0.2, -0.15) is 0 Å². The van der Waals surface area contributed by atoms with Crippen LogP contribution < -0.4 is 0 Å². The van der Waals surface area contributed by atoms with Crippen molar-refractivity contribution in [3.63, 3.8) is 0 Å². The Bertz CT molecular complexity index is 357. The van der Waals surface area contributed by atoms with E-state index in [1.807, 2.05) is 12.1 Å². The van der Waals surface area contributed by atoms with Crippen LogP contribution in [-0.4, -0.2) is 36.3 Å². The van der Waals surface area contributed by atoms with Crippen LogP contribution >= 0.6 is 0 Å². The second kappa shape index (κ2) is 6.21. The third-order valence-electron chi connectivity index (χ3n) is 3.92. The SMILES string of the molecule is CCC(c1ccc(O)cc1)N(C)C1CCOCC1. The summed E-state index contributed by atoms with van der Waals surface area (Å²) in [5.41, 5.74) is 1.28. The molecule has 1 heterocycles. The van der Waals surface area contributed by atoms with E-state index >= 15 is 0 Å². The second-order valence-corrected chi connectivity index (χ2v) is 5.02. The molecule has 100 valence electrons. The number of ether oxygens (including phenoxy) is 1. The second-order valence-electron chi connectivity index (χ2n) is 5.02. The van der Waals surface area contributed by atoms with Gasteiger partial charge in [-0.15, -0.1) is 0 Å². The fraction of sp³-hybridized carbons (Fsp3) is 0.600. The Morgan fingerprint density at radius 2 is 1.89 bits per heavy atom. The monoisotopic (exact) mass is 249 g/mol. The van der Waals surface area contributed by atoms with Crippen LogP contribution in [0.25, 0.3) is 0 Å². The number of benzene rings is 1. The van der Waals surface area contributed by atoms with Gasteiger partial charge in [0, 0.05) is 25.3 Å². The summed E-state index contributed by atoms with van der Waals surface area (Å²) in [5.74, 6) is 0.335. The van der Waals surface area contributed by atoms with E-state index in [0.717, 1.165) is 32.5 Å². The number of phenolic OH excluding ortho intramolecular Hbond substituents is 1. The van der Waals surface area contributed by atoms with Gasteiger partial charge in [0.15, 0.2) is 0 Å². The molecule has 0 aromatic heterocycles. The number of hydrogen-bond acceptors (Lipinski definition) is 3. The third kappa shape index (κ3) is 3.03. The summed E-state index contributed by atoms with van der Waals surface area (Å²) in [7, 11) is 2.21. The summed E-state index contributed by atoms with van der Waals surface area (Å²) in [6.45, 7) is 3.97. The van der Waals surface area contributed by atoms with Crippen LogP contribution in [-0.2, 0) is 4.74 Å².